The summed E-state index contributed by atoms with van der Waals surface area (Å²) in [6.45, 7) is 0.373. The highest BCUT2D eigenvalue weighted by molar-refractivity contribution is 6.33. The van der Waals surface area contributed by atoms with E-state index in [9.17, 15) is 4.79 Å². The molecular weight excluding hydrogens is 304 g/mol. The molecule has 0 unspecified atom stereocenters. The molecule has 1 N–H and O–H groups in total. The lowest BCUT2D eigenvalue weighted by molar-refractivity contribution is 0.0951. The van der Waals surface area contributed by atoms with Crippen LogP contribution in [-0.4, -0.2) is 31.1 Å². The van der Waals surface area contributed by atoms with E-state index in [1.54, 1.807) is 30.6 Å². The highest BCUT2D eigenvalue weighted by Gasteiger charge is 2.12. The van der Waals surface area contributed by atoms with Crippen molar-refractivity contribution >= 4 is 17.5 Å². The number of carbonyl (C=O) groups is 1. The van der Waals surface area contributed by atoms with E-state index in [0.717, 1.165) is 5.56 Å². The summed E-state index contributed by atoms with van der Waals surface area (Å²) in [4.78, 5) is 16.3. The number of nitrogens with one attached hydrogen (secondary N) is 1. The van der Waals surface area contributed by atoms with Gasteiger partial charge in [-0.1, -0.05) is 17.7 Å². The van der Waals surface area contributed by atoms with Crippen molar-refractivity contribution in [2.24, 2.45) is 0 Å². The Morgan fingerprint density at radius 3 is 2.95 bits per heavy atom. The maximum atomic E-state index is 12.3. The van der Waals surface area contributed by atoms with Crippen molar-refractivity contribution in [3.63, 3.8) is 0 Å². The van der Waals surface area contributed by atoms with Crippen molar-refractivity contribution in [3.8, 4) is 5.69 Å². The van der Waals surface area contributed by atoms with Crippen LogP contribution < -0.4 is 5.32 Å². The van der Waals surface area contributed by atoms with Gasteiger partial charge in [0.1, 0.15) is 6.33 Å². The highest BCUT2D eigenvalue weighted by atomic mass is 35.5. The molecule has 1 aromatic carbocycles. The van der Waals surface area contributed by atoms with Crippen LogP contribution in [0.1, 0.15) is 15.9 Å². The van der Waals surface area contributed by atoms with Gasteiger partial charge in [0.05, 0.1) is 16.3 Å². The van der Waals surface area contributed by atoms with Crippen LogP contribution in [0.5, 0.6) is 0 Å². The third kappa shape index (κ3) is 3.09. The van der Waals surface area contributed by atoms with E-state index < -0.39 is 0 Å². The number of benzene rings is 1. The Balaban J connectivity index is 1.78. The molecule has 0 bridgehead atoms. The van der Waals surface area contributed by atoms with Crippen LogP contribution in [0.4, 0.5) is 0 Å². The molecule has 7 nitrogen and oxygen atoms in total. The van der Waals surface area contributed by atoms with E-state index in [4.69, 9.17) is 11.6 Å². The van der Waals surface area contributed by atoms with Crippen LogP contribution in [-0.2, 0) is 6.54 Å². The van der Waals surface area contributed by atoms with Crippen molar-refractivity contribution in [2.45, 2.75) is 6.54 Å². The molecule has 0 aliphatic rings. The predicted molar refractivity (Wildman–Crippen MR) is 79.6 cm³/mol. The van der Waals surface area contributed by atoms with Gasteiger partial charge in [-0.15, -0.1) is 5.10 Å². The maximum absolute atomic E-state index is 12.3. The Bertz CT molecular complexity index is 775. The summed E-state index contributed by atoms with van der Waals surface area (Å²) in [5, 5.41) is 14.1. The number of aromatic nitrogens is 5. The molecule has 0 atom stereocenters. The summed E-state index contributed by atoms with van der Waals surface area (Å²) in [6.07, 6.45) is 4.82. The number of halogens is 1. The van der Waals surface area contributed by atoms with Gasteiger partial charge in [-0.05, 0) is 40.3 Å². The van der Waals surface area contributed by atoms with Crippen LogP contribution in [0.25, 0.3) is 5.69 Å². The molecule has 8 heteroatoms. The van der Waals surface area contributed by atoms with E-state index in [-0.39, 0.29) is 5.91 Å². The highest BCUT2D eigenvalue weighted by Crippen LogP contribution is 2.19. The molecule has 0 aliphatic heterocycles. The van der Waals surface area contributed by atoms with Gasteiger partial charge in [-0.25, -0.2) is 4.68 Å². The van der Waals surface area contributed by atoms with Crippen molar-refractivity contribution < 1.29 is 4.79 Å². The summed E-state index contributed by atoms with van der Waals surface area (Å²) in [6, 6.07) is 8.70. The first-order chi connectivity index (χ1) is 10.7. The number of tetrazole rings is 1. The summed E-state index contributed by atoms with van der Waals surface area (Å²) < 4.78 is 1.45. The standard InChI is InChI=1S/C14H11ClN6O/c15-13-4-3-11(21-9-18-19-20-21)6-12(13)14(22)17-8-10-2-1-5-16-7-10/h1-7,9H,8H2,(H,17,22). The minimum Gasteiger partial charge on any atom is -0.348 e. The van der Waals surface area contributed by atoms with Gasteiger partial charge in [0.15, 0.2) is 0 Å². The lowest BCUT2D eigenvalue weighted by Gasteiger charge is -2.08. The second kappa shape index (κ2) is 6.31. The van der Waals surface area contributed by atoms with Crippen molar-refractivity contribution in [1.82, 2.24) is 30.5 Å². The molecule has 0 fully saturated rings. The molecule has 3 aromatic rings. The molecule has 110 valence electrons. The number of nitrogens with zero attached hydrogens (tertiary/aromatic N) is 5. The molecule has 0 spiro atoms. The maximum Gasteiger partial charge on any atom is 0.253 e. The molecule has 22 heavy (non-hydrogen) atoms. The quantitative estimate of drug-likeness (QED) is 0.791. The summed E-state index contributed by atoms with van der Waals surface area (Å²) in [5.41, 5.74) is 1.92. The molecule has 3 rings (SSSR count). The van der Waals surface area contributed by atoms with Crippen molar-refractivity contribution in [3.05, 3.63) is 65.2 Å². The van der Waals surface area contributed by atoms with Crippen LogP contribution >= 0.6 is 11.6 Å². The first-order valence-electron chi connectivity index (χ1n) is 6.44. The Morgan fingerprint density at radius 1 is 1.32 bits per heavy atom. The fraction of sp³-hybridized carbons (Fsp3) is 0.0714. The number of rotatable bonds is 4. The molecule has 0 aliphatic carbocycles. The lowest BCUT2D eigenvalue weighted by atomic mass is 10.1. The third-order valence-electron chi connectivity index (χ3n) is 2.98. The van der Waals surface area contributed by atoms with E-state index >= 15 is 0 Å². The molecule has 0 saturated heterocycles. The van der Waals surface area contributed by atoms with E-state index in [0.29, 0.717) is 22.8 Å². The summed E-state index contributed by atoms with van der Waals surface area (Å²) >= 11 is 6.10. The van der Waals surface area contributed by atoms with Crippen LogP contribution in [0.15, 0.2) is 49.1 Å². The van der Waals surface area contributed by atoms with Gasteiger partial charge in [0.25, 0.3) is 5.91 Å². The van der Waals surface area contributed by atoms with Crippen LogP contribution in [0, 0.1) is 0 Å². The second-order valence-corrected chi connectivity index (χ2v) is 4.87. The predicted octanol–water partition coefficient (Wildman–Crippen LogP) is 1.64. The minimum absolute atomic E-state index is 0.274. The number of amides is 1. The zero-order chi connectivity index (χ0) is 15.4. The fourth-order valence-electron chi connectivity index (χ4n) is 1.89. The fourth-order valence-corrected chi connectivity index (χ4v) is 2.09. The van der Waals surface area contributed by atoms with Crippen molar-refractivity contribution in [2.75, 3.05) is 0 Å². The summed E-state index contributed by atoms with van der Waals surface area (Å²) in [7, 11) is 0. The molecule has 2 heterocycles. The number of carbonyl (C=O) groups excluding carboxylic acids is 1. The molecule has 1 amide bonds. The lowest BCUT2D eigenvalue weighted by Crippen LogP contribution is -2.23. The van der Waals surface area contributed by atoms with Gasteiger partial charge in [0, 0.05) is 18.9 Å². The van der Waals surface area contributed by atoms with E-state index in [1.807, 2.05) is 12.1 Å². The topological polar surface area (TPSA) is 85.6 Å². The van der Waals surface area contributed by atoms with Gasteiger partial charge >= 0.3 is 0 Å². The van der Waals surface area contributed by atoms with Crippen LogP contribution in [0.2, 0.25) is 5.02 Å². The van der Waals surface area contributed by atoms with Crippen molar-refractivity contribution in [1.29, 1.82) is 0 Å². The Labute approximate surface area is 130 Å². The normalized spacial score (nSPS) is 10.4. The Hall–Kier alpha value is -2.80. The second-order valence-electron chi connectivity index (χ2n) is 4.46. The number of hydrogen-bond acceptors (Lipinski definition) is 5. The monoisotopic (exact) mass is 314 g/mol. The average molecular weight is 315 g/mol. The molecular formula is C14H11ClN6O. The molecule has 0 radical (unpaired) electrons. The van der Waals surface area contributed by atoms with E-state index in [2.05, 4.69) is 25.8 Å². The third-order valence-corrected chi connectivity index (χ3v) is 3.31. The van der Waals surface area contributed by atoms with E-state index in [1.165, 1.54) is 11.0 Å². The SMILES string of the molecule is O=C(NCc1cccnc1)c1cc(-n2cnnn2)ccc1Cl. The van der Waals surface area contributed by atoms with Gasteiger partial charge in [-0.2, -0.15) is 0 Å². The van der Waals surface area contributed by atoms with Gasteiger partial charge < -0.3 is 5.32 Å². The smallest absolute Gasteiger partial charge is 0.253 e. The van der Waals surface area contributed by atoms with Crippen LogP contribution in [0.3, 0.4) is 0 Å². The largest absolute Gasteiger partial charge is 0.348 e. The molecule has 2 aromatic heterocycles. The average Bonchev–Trinajstić information content (AvgIpc) is 3.08. The minimum atomic E-state index is -0.274. The number of hydrogen-bond donors (Lipinski definition) is 1. The number of pyridine rings is 1. The van der Waals surface area contributed by atoms with Gasteiger partial charge in [-0.3, -0.25) is 9.78 Å². The summed E-state index contributed by atoms with van der Waals surface area (Å²) in [5.74, 6) is -0.274. The molecule has 0 saturated carbocycles. The van der Waals surface area contributed by atoms with Gasteiger partial charge in [0.2, 0.25) is 0 Å². The first kappa shape index (κ1) is 14.2. The zero-order valence-corrected chi connectivity index (χ0v) is 12.1. The Morgan fingerprint density at radius 2 is 2.23 bits per heavy atom. The zero-order valence-electron chi connectivity index (χ0n) is 11.3. The Kier molecular flexibility index (Phi) is 4.06. The first-order valence-corrected chi connectivity index (χ1v) is 6.82.